The van der Waals surface area contributed by atoms with Crippen LogP contribution in [0.25, 0.3) is 0 Å². The predicted molar refractivity (Wildman–Crippen MR) is 57.0 cm³/mol. The van der Waals surface area contributed by atoms with Gasteiger partial charge in [-0.2, -0.15) is 0 Å². The van der Waals surface area contributed by atoms with Crippen LogP contribution in [0.4, 0.5) is 0 Å². The van der Waals surface area contributed by atoms with Crippen molar-refractivity contribution in [1.29, 1.82) is 0 Å². The Labute approximate surface area is 86.3 Å². The molecule has 0 atom stereocenters. The van der Waals surface area contributed by atoms with E-state index in [2.05, 4.69) is 13.8 Å². The molecule has 0 saturated carbocycles. The highest BCUT2D eigenvalue weighted by atomic mass is 16.5. The number of hydrogen-bond acceptors (Lipinski definition) is 2. The largest absolute Gasteiger partial charge is 0.497 e. The summed E-state index contributed by atoms with van der Waals surface area (Å²) in [7, 11) is 0. The standard InChI is InChI=1S/C12H20O2/c1-4-10-11(13)6-5-7-12(10)14-8-9(2)3/h9H,4-8H2,1-3H3. The highest BCUT2D eigenvalue weighted by Crippen LogP contribution is 2.25. The molecule has 0 aliphatic heterocycles. The summed E-state index contributed by atoms with van der Waals surface area (Å²) in [6, 6.07) is 0. The number of allylic oxidation sites excluding steroid dienone is 2. The van der Waals surface area contributed by atoms with Crippen LogP contribution in [0.3, 0.4) is 0 Å². The molecule has 80 valence electrons. The molecule has 0 radical (unpaired) electrons. The number of hydrogen-bond donors (Lipinski definition) is 0. The van der Waals surface area contributed by atoms with Gasteiger partial charge in [-0.05, 0) is 18.8 Å². The summed E-state index contributed by atoms with van der Waals surface area (Å²) in [5.41, 5.74) is 0.928. The minimum atomic E-state index is 0.289. The van der Waals surface area contributed by atoms with Crippen molar-refractivity contribution in [3.63, 3.8) is 0 Å². The third-order valence-corrected chi connectivity index (χ3v) is 2.43. The molecule has 0 aromatic carbocycles. The van der Waals surface area contributed by atoms with Gasteiger partial charge in [0.15, 0.2) is 5.78 Å². The Kier molecular flexibility index (Phi) is 4.18. The van der Waals surface area contributed by atoms with E-state index in [1.54, 1.807) is 0 Å². The average Bonchev–Trinajstić information content (AvgIpc) is 2.14. The normalized spacial score (nSPS) is 17.9. The first-order valence-corrected chi connectivity index (χ1v) is 5.53. The third-order valence-electron chi connectivity index (χ3n) is 2.43. The SMILES string of the molecule is CCC1=C(OCC(C)C)CCCC1=O. The monoisotopic (exact) mass is 196 g/mol. The van der Waals surface area contributed by atoms with Crippen LogP contribution in [0.2, 0.25) is 0 Å². The fraction of sp³-hybridized carbons (Fsp3) is 0.750. The van der Waals surface area contributed by atoms with Crippen LogP contribution in [0, 0.1) is 5.92 Å². The minimum absolute atomic E-state index is 0.289. The van der Waals surface area contributed by atoms with Crippen LogP contribution in [0.5, 0.6) is 0 Å². The zero-order valence-corrected chi connectivity index (χ0v) is 9.43. The molecule has 0 aromatic heterocycles. The molecule has 0 spiro atoms. The molecule has 0 saturated heterocycles. The number of carbonyl (C=O) groups is 1. The summed E-state index contributed by atoms with van der Waals surface area (Å²) in [4.78, 5) is 11.5. The summed E-state index contributed by atoms with van der Waals surface area (Å²) < 4.78 is 5.68. The van der Waals surface area contributed by atoms with Crippen LogP contribution in [0.15, 0.2) is 11.3 Å². The second-order valence-corrected chi connectivity index (χ2v) is 4.24. The lowest BCUT2D eigenvalue weighted by molar-refractivity contribution is -0.116. The maximum atomic E-state index is 11.5. The summed E-state index contributed by atoms with van der Waals surface area (Å²) in [6.07, 6.45) is 3.42. The van der Waals surface area contributed by atoms with Gasteiger partial charge < -0.3 is 4.74 Å². The Hall–Kier alpha value is -0.790. The molecule has 0 fully saturated rings. The molecule has 2 nitrogen and oxygen atoms in total. The van der Waals surface area contributed by atoms with E-state index in [0.29, 0.717) is 12.3 Å². The molecular weight excluding hydrogens is 176 g/mol. The van der Waals surface area contributed by atoms with Gasteiger partial charge in [0.25, 0.3) is 0 Å². The molecule has 0 amide bonds. The molecule has 0 unspecified atom stereocenters. The van der Waals surface area contributed by atoms with Crippen molar-refractivity contribution < 1.29 is 9.53 Å². The first kappa shape index (κ1) is 11.3. The molecular formula is C12H20O2. The zero-order chi connectivity index (χ0) is 10.6. The molecule has 1 aliphatic rings. The first-order chi connectivity index (χ1) is 6.65. The van der Waals surface area contributed by atoms with Gasteiger partial charge in [-0.15, -0.1) is 0 Å². The molecule has 0 bridgehead atoms. The summed E-state index contributed by atoms with van der Waals surface area (Å²) in [5, 5.41) is 0. The quantitative estimate of drug-likeness (QED) is 0.690. The predicted octanol–water partition coefficient (Wildman–Crippen LogP) is 3.08. The molecule has 14 heavy (non-hydrogen) atoms. The molecule has 1 rings (SSSR count). The van der Waals surface area contributed by atoms with Gasteiger partial charge in [0.1, 0.15) is 5.76 Å². The second kappa shape index (κ2) is 5.18. The van der Waals surface area contributed by atoms with Gasteiger partial charge in [-0.1, -0.05) is 20.8 Å². The molecule has 1 aliphatic carbocycles. The van der Waals surface area contributed by atoms with Gasteiger partial charge in [0.05, 0.1) is 6.61 Å². The van der Waals surface area contributed by atoms with Gasteiger partial charge in [-0.25, -0.2) is 0 Å². The van der Waals surface area contributed by atoms with Gasteiger partial charge in [0.2, 0.25) is 0 Å². The van der Waals surface area contributed by atoms with Crippen molar-refractivity contribution in [1.82, 2.24) is 0 Å². The second-order valence-electron chi connectivity index (χ2n) is 4.24. The number of ether oxygens (including phenoxy) is 1. The average molecular weight is 196 g/mol. The Morgan fingerprint density at radius 3 is 2.64 bits per heavy atom. The molecule has 0 N–H and O–H groups in total. The molecule has 0 heterocycles. The van der Waals surface area contributed by atoms with Crippen molar-refractivity contribution in [2.75, 3.05) is 6.61 Å². The van der Waals surface area contributed by atoms with Crippen molar-refractivity contribution in [3.05, 3.63) is 11.3 Å². The van der Waals surface area contributed by atoms with Crippen molar-refractivity contribution in [2.45, 2.75) is 46.5 Å². The fourth-order valence-electron chi connectivity index (χ4n) is 1.69. The Morgan fingerprint density at radius 1 is 1.36 bits per heavy atom. The minimum Gasteiger partial charge on any atom is -0.497 e. The van der Waals surface area contributed by atoms with E-state index in [1.165, 1.54) is 0 Å². The van der Waals surface area contributed by atoms with E-state index >= 15 is 0 Å². The Balaban J connectivity index is 2.65. The molecule has 0 aromatic rings. The van der Waals surface area contributed by atoms with Crippen LogP contribution < -0.4 is 0 Å². The summed E-state index contributed by atoms with van der Waals surface area (Å²) >= 11 is 0. The van der Waals surface area contributed by atoms with E-state index in [9.17, 15) is 4.79 Å². The third kappa shape index (κ3) is 2.86. The van der Waals surface area contributed by atoms with Gasteiger partial charge >= 0.3 is 0 Å². The van der Waals surface area contributed by atoms with E-state index < -0.39 is 0 Å². The number of ketones is 1. The lowest BCUT2D eigenvalue weighted by Crippen LogP contribution is -2.14. The Morgan fingerprint density at radius 2 is 2.07 bits per heavy atom. The summed E-state index contributed by atoms with van der Waals surface area (Å²) in [5.74, 6) is 1.77. The fourth-order valence-corrected chi connectivity index (χ4v) is 1.69. The van der Waals surface area contributed by atoms with Gasteiger partial charge in [0, 0.05) is 18.4 Å². The van der Waals surface area contributed by atoms with Gasteiger partial charge in [-0.3, -0.25) is 4.79 Å². The zero-order valence-electron chi connectivity index (χ0n) is 9.43. The van der Waals surface area contributed by atoms with E-state index in [1.807, 2.05) is 6.92 Å². The van der Waals surface area contributed by atoms with Crippen molar-refractivity contribution in [3.8, 4) is 0 Å². The first-order valence-electron chi connectivity index (χ1n) is 5.53. The maximum absolute atomic E-state index is 11.5. The van der Waals surface area contributed by atoms with Crippen LogP contribution in [0.1, 0.15) is 46.5 Å². The van der Waals surface area contributed by atoms with Crippen LogP contribution >= 0.6 is 0 Å². The van der Waals surface area contributed by atoms with E-state index in [0.717, 1.165) is 37.2 Å². The number of rotatable bonds is 4. The Bertz CT molecular complexity index is 239. The molecule has 2 heteroatoms. The van der Waals surface area contributed by atoms with Crippen molar-refractivity contribution >= 4 is 5.78 Å². The topological polar surface area (TPSA) is 26.3 Å². The highest BCUT2D eigenvalue weighted by Gasteiger charge is 2.20. The van der Waals surface area contributed by atoms with E-state index in [4.69, 9.17) is 4.74 Å². The summed E-state index contributed by atoms with van der Waals surface area (Å²) in [6.45, 7) is 7.00. The lowest BCUT2D eigenvalue weighted by Gasteiger charge is -2.20. The van der Waals surface area contributed by atoms with Crippen molar-refractivity contribution in [2.24, 2.45) is 5.92 Å². The van der Waals surface area contributed by atoms with E-state index in [-0.39, 0.29) is 5.78 Å². The van der Waals surface area contributed by atoms with Crippen LogP contribution in [-0.2, 0) is 9.53 Å². The number of carbonyl (C=O) groups excluding carboxylic acids is 1. The smallest absolute Gasteiger partial charge is 0.162 e. The maximum Gasteiger partial charge on any atom is 0.162 e. The highest BCUT2D eigenvalue weighted by molar-refractivity contribution is 5.96. The lowest BCUT2D eigenvalue weighted by atomic mass is 9.94. The van der Waals surface area contributed by atoms with Crippen LogP contribution in [-0.4, -0.2) is 12.4 Å². The number of Topliss-reactive ketones (excluding diaryl/α,β-unsaturated/α-hetero) is 1.